The summed E-state index contributed by atoms with van der Waals surface area (Å²) in [5.41, 5.74) is 5.28. The molecule has 0 saturated carbocycles. The molecule has 0 aliphatic rings. The van der Waals surface area contributed by atoms with Gasteiger partial charge in [0.05, 0.1) is 7.11 Å². The molecule has 0 heterocycles. The highest BCUT2D eigenvalue weighted by Gasteiger charge is 2.16. The van der Waals surface area contributed by atoms with Crippen molar-refractivity contribution in [3.63, 3.8) is 0 Å². The molecule has 0 aromatic heterocycles. The summed E-state index contributed by atoms with van der Waals surface area (Å²) < 4.78 is 5.44. The van der Waals surface area contributed by atoms with Gasteiger partial charge in [-0.1, -0.05) is 11.6 Å². The maximum Gasteiger partial charge on any atom is 0.129 e. The van der Waals surface area contributed by atoms with Gasteiger partial charge in [0.1, 0.15) is 11.5 Å². The molecule has 0 amide bonds. The van der Waals surface area contributed by atoms with E-state index in [-0.39, 0.29) is 0 Å². The number of phenols is 1. The molecule has 94 valence electrons. The normalized spacial score (nSPS) is 10.2. The number of methoxy groups -OCH3 is 1. The fraction of sp³-hybridized carbons (Fsp3) is 0.467. The summed E-state index contributed by atoms with van der Waals surface area (Å²) in [7, 11) is 1.66. The molecule has 0 aliphatic carbocycles. The Balaban J connectivity index is 3.41. The van der Waals surface area contributed by atoms with Crippen molar-refractivity contribution >= 4 is 0 Å². The van der Waals surface area contributed by atoms with Gasteiger partial charge in [0.2, 0.25) is 0 Å². The number of hydrogen-bond acceptors (Lipinski definition) is 2. The van der Waals surface area contributed by atoms with Crippen LogP contribution in [-0.2, 0) is 6.42 Å². The molecule has 1 aromatic rings. The number of hydrogen-bond donors (Lipinski definition) is 1. The molecule has 2 heteroatoms. The van der Waals surface area contributed by atoms with Crippen LogP contribution in [0.1, 0.15) is 36.1 Å². The van der Waals surface area contributed by atoms with Gasteiger partial charge in [-0.05, 0) is 57.7 Å². The lowest BCUT2D eigenvalue weighted by Crippen LogP contribution is -2.00. The van der Waals surface area contributed by atoms with Crippen molar-refractivity contribution in [2.45, 2.75) is 41.0 Å². The molecule has 0 bridgehead atoms. The summed E-state index contributed by atoms with van der Waals surface area (Å²) in [5, 5.41) is 10.2. The van der Waals surface area contributed by atoms with Crippen LogP contribution < -0.4 is 4.74 Å². The van der Waals surface area contributed by atoms with Crippen LogP contribution in [0.3, 0.4) is 0 Å². The summed E-state index contributed by atoms with van der Waals surface area (Å²) in [5.74, 6) is 1.17. The molecule has 0 spiro atoms. The fourth-order valence-electron chi connectivity index (χ4n) is 1.96. The second-order valence-electron chi connectivity index (χ2n) is 4.72. The lowest BCUT2D eigenvalue weighted by atomic mass is 9.95. The first-order chi connectivity index (χ1) is 7.90. The Morgan fingerprint density at radius 2 is 1.71 bits per heavy atom. The smallest absolute Gasteiger partial charge is 0.129 e. The Morgan fingerprint density at radius 1 is 1.12 bits per heavy atom. The van der Waals surface area contributed by atoms with Crippen molar-refractivity contribution in [3.8, 4) is 11.5 Å². The molecular formula is C15H22O2. The largest absolute Gasteiger partial charge is 0.507 e. The minimum absolute atomic E-state index is 0.363. The van der Waals surface area contributed by atoms with Crippen molar-refractivity contribution in [3.05, 3.63) is 33.9 Å². The van der Waals surface area contributed by atoms with Gasteiger partial charge in [-0.15, -0.1) is 0 Å². The first-order valence-electron chi connectivity index (χ1n) is 5.89. The van der Waals surface area contributed by atoms with Gasteiger partial charge in [-0.3, -0.25) is 0 Å². The fourth-order valence-corrected chi connectivity index (χ4v) is 1.96. The molecule has 17 heavy (non-hydrogen) atoms. The van der Waals surface area contributed by atoms with Gasteiger partial charge in [0.15, 0.2) is 0 Å². The summed E-state index contributed by atoms with van der Waals surface area (Å²) in [6, 6.07) is 0. The topological polar surface area (TPSA) is 29.5 Å². The number of rotatable bonds is 3. The average Bonchev–Trinajstić information content (AvgIpc) is 2.29. The van der Waals surface area contributed by atoms with Crippen LogP contribution in [-0.4, -0.2) is 12.2 Å². The van der Waals surface area contributed by atoms with Gasteiger partial charge in [0.25, 0.3) is 0 Å². The van der Waals surface area contributed by atoms with Crippen molar-refractivity contribution in [2.24, 2.45) is 0 Å². The lowest BCUT2D eigenvalue weighted by Gasteiger charge is -2.17. The minimum atomic E-state index is 0.363. The van der Waals surface area contributed by atoms with E-state index in [4.69, 9.17) is 4.74 Å². The summed E-state index contributed by atoms with van der Waals surface area (Å²) in [6.45, 7) is 10.1. The van der Waals surface area contributed by atoms with E-state index in [0.29, 0.717) is 12.2 Å². The predicted molar refractivity (Wildman–Crippen MR) is 72.0 cm³/mol. The number of allylic oxidation sites excluding steroid dienone is 2. The Morgan fingerprint density at radius 3 is 2.18 bits per heavy atom. The monoisotopic (exact) mass is 234 g/mol. The van der Waals surface area contributed by atoms with Crippen LogP contribution in [0.15, 0.2) is 11.6 Å². The Bertz CT molecular complexity index is 453. The molecule has 0 atom stereocenters. The summed E-state index contributed by atoms with van der Waals surface area (Å²) in [4.78, 5) is 0. The third-order valence-electron chi connectivity index (χ3n) is 3.30. The molecule has 0 fully saturated rings. The van der Waals surface area contributed by atoms with E-state index < -0.39 is 0 Å². The third-order valence-corrected chi connectivity index (χ3v) is 3.30. The van der Waals surface area contributed by atoms with Crippen LogP contribution in [0.25, 0.3) is 0 Å². The number of ether oxygens (including phenoxy) is 1. The second-order valence-corrected chi connectivity index (χ2v) is 4.72. The third kappa shape index (κ3) is 2.63. The van der Waals surface area contributed by atoms with Crippen molar-refractivity contribution in [1.29, 1.82) is 0 Å². The molecule has 1 aromatic carbocycles. The van der Waals surface area contributed by atoms with E-state index in [1.807, 2.05) is 20.8 Å². The van der Waals surface area contributed by atoms with E-state index in [0.717, 1.165) is 28.0 Å². The van der Waals surface area contributed by atoms with Crippen LogP contribution in [0, 0.1) is 20.8 Å². The van der Waals surface area contributed by atoms with Gasteiger partial charge >= 0.3 is 0 Å². The zero-order chi connectivity index (χ0) is 13.2. The molecule has 0 unspecified atom stereocenters. The van der Waals surface area contributed by atoms with E-state index in [9.17, 15) is 5.11 Å². The molecule has 0 radical (unpaired) electrons. The van der Waals surface area contributed by atoms with E-state index in [1.165, 1.54) is 5.57 Å². The lowest BCUT2D eigenvalue weighted by molar-refractivity contribution is 0.396. The number of phenolic OH excluding ortho intramolecular Hbond substituents is 1. The Kier molecular flexibility index (Phi) is 4.22. The van der Waals surface area contributed by atoms with E-state index >= 15 is 0 Å². The van der Waals surface area contributed by atoms with E-state index in [2.05, 4.69) is 19.9 Å². The SMILES string of the molecule is COc1c(C)c(C)c(C)c(O)c1CC=C(C)C. The van der Waals surface area contributed by atoms with Crippen LogP contribution in [0.4, 0.5) is 0 Å². The highest BCUT2D eigenvalue weighted by atomic mass is 16.5. The van der Waals surface area contributed by atoms with Crippen molar-refractivity contribution in [1.82, 2.24) is 0 Å². The van der Waals surface area contributed by atoms with Gasteiger partial charge in [0, 0.05) is 5.56 Å². The minimum Gasteiger partial charge on any atom is -0.507 e. The second kappa shape index (κ2) is 5.26. The maximum absolute atomic E-state index is 10.2. The van der Waals surface area contributed by atoms with E-state index in [1.54, 1.807) is 7.11 Å². The number of benzene rings is 1. The molecule has 1 rings (SSSR count). The zero-order valence-electron chi connectivity index (χ0n) is 11.6. The zero-order valence-corrected chi connectivity index (χ0v) is 11.6. The van der Waals surface area contributed by atoms with Crippen LogP contribution >= 0.6 is 0 Å². The first-order valence-corrected chi connectivity index (χ1v) is 5.89. The maximum atomic E-state index is 10.2. The van der Waals surface area contributed by atoms with Crippen molar-refractivity contribution < 1.29 is 9.84 Å². The summed E-state index contributed by atoms with van der Waals surface area (Å²) >= 11 is 0. The standard InChI is InChI=1S/C15H22O2/c1-9(2)7-8-13-14(16)11(4)10(3)12(5)15(13)17-6/h7,16H,8H2,1-6H3. The number of aromatic hydroxyl groups is 1. The van der Waals surface area contributed by atoms with Crippen molar-refractivity contribution in [2.75, 3.05) is 7.11 Å². The predicted octanol–water partition coefficient (Wildman–Crippen LogP) is 3.83. The Labute approximate surface area is 104 Å². The molecular weight excluding hydrogens is 212 g/mol. The van der Waals surface area contributed by atoms with Gasteiger partial charge < -0.3 is 9.84 Å². The quantitative estimate of drug-likeness (QED) is 0.805. The first kappa shape index (κ1) is 13.6. The van der Waals surface area contributed by atoms with Crippen LogP contribution in [0.2, 0.25) is 0 Å². The molecule has 0 aliphatic heterocycles. The molecule has 1 N–H and O–H groups in total. The highest BCUT2D eigenvalue weighted by molar-refractivity contribution is 5.58. The highest BCUT2D eigenvalue weighted by Crippen LogP contribution is 2.37. The molecule has 2 nitrogen and oxygen atoms in total. The van der Waals surface area contributed by atoms with Gasteiger partial charge in [-0.2, -0.15) is 0 Å². The van der Waals surface area contributed by atoms with Crippen LogP contribution in [0.5, 0.6) is 11.5 Å². The average molecular weight is 234 g/mol. The van der Waals surface area contributed by atoms with Gasteiger partial charge in [-0.25, -0.2) is 0 Å². The summed E-state index contributed by atoms with van der Waals surface area (Å²) in [6.07, 6.45) is 2.81. The Hall–Kier alpha value is -1.44. The molecule has 0 saturated heterocycles.